The summed E-state index contributed by atoms with van der Waals surface area (Å²) in [7, 11) is 0. The van der Waals surface area contributed by atoms with E-state index in [1.807, 2.05) is 53.1 Å². The van der Waals surface area contributed by atoms with Crippen LogP contribution in [0, 0.1) is 20.8 Å². The molecule has 2 aromatic carbocycles. The number of aromatic nitrogens is 2. The second-order valence-corrected chi connectivity index (χ2v) is 6.57. The highest BCUT2D eigenvalue weighted by Crippen LogP contribution is 2.33. The van der Waals surface area contributed by atoms with Crippen molar-refractivity contribution < 1.29 is 0 Å². The molecule has 0 spiro atoms. The molecule has 0 atom stereocenters. The van der Waals surface area contributed by atoms with Crippen LogP contribution in [0.5, 0.6) is 0 Å². The van der Waals surface area contributed by atoms with Crippen molar-refractivity contribution in [2.24, 2.45) is 10.2 Å². The molecule has 26 heavy (non-hydrogen) atoms. The molecule has 0 aliphatic rings. The number of azo groups is 1. The van der Waals surface area contributed by atoms with E-state index in [9.17, 15) is 0 Å². The third kappa shape index (κ3) is 3.02. The molecule has 0 saturated carbocycles. The number of rotatable bonds is 3. The van der Waals surface area contributed by atoms with E-state index in [4.69, 9.17) is 4.98 Å². The Balaban J connectivity index is 1.89. The van der Waals surface area contributed by atoms with E-state index in [-0.39, 0.29) is 0 Å². The van der Waals surface area contributed by atoms with Gasteiger partial charge >= 0.3 is 0 Å². The monoisotopic (exact) mass is 340 g/mol. The Kier molecular flexibility index (Phi) is 4.09. The van der Waals surface area contributed by atoms with E-state index in [1.165, 1.54) is 5.56 Å². The quantitative estimate of drug-likeness (QED) is 0.401. The third-order valence-electron chi connectivity index (χ3n) is 4.39. The van der Waals surface area contributed by atoms with Crippen LogP contribution >= 0.6 is 0 Å². The minimum absolute atomic E-state index is 0.745. The van der Waals surface area contributed by atoms with Crippen molar-refractivity contribution in [3.05, 3.63) is 83.6 Å². The summed E-state index contributed by atoms with van der Waals surface area (Å²) < 4.78 is 2.00. The van der Waals surface area contributed by atoms with Crippen molar-refractivity contribution in [3.63, 3.8) is 0 Å². The molecule has 4 nitrogen and oxygen atoms in total. The average molecular weight is 340 g/mol. The van der Waals surface area contributed by atoms with E-state index < -0.39 is 0 Å². The fraction of sp³-hybridized carbons (Fsp3) is 0.136. The number of benzene rings is 2. The smallest absolute Gasteiger partial charge is 0.187 e. The molecule has 0 unspecified atom stereocenters. The van der Waals surface area contributed by atoms with Gasteiger partial charge in [0.2, 0.25) is 0 Å². The lowest BCUT2D eigenvalue weighted by Crippen LogP contribution is -1.85. The number of hydrogen-bond donors (Lipinski definition) is 0. The van der Waals surface area contributed by atoms with Crippen molar-refractivity contribution in [2.75, 3.05) is 0 Å². The van der Waals surface area contributed by atoms with Gasteiger partial charge in [-0.25, -0.2) is 4.98 Å². The summed E-state index contributed by atoms with van der Waals surface area (Å²) in [6.07, 6.45) is 2.05. The van der Waals surface area contributed by atoms with E-state index in [0.717, 1.165) is 39.5 Å². The summed E-state index contributed by atoms with van der Waals surface area (Å²) in [4.78, 5) is 4.78. The molecule has 0 aliphatic carbocycles. The van der Waals surface area contributed by atoms with Gasteiger partial charge in [0.25, 0.3) is 0 Å². The maximum atomic E-state index is 4.78. The highest BCUT2D eigenvalue weighted by atomic mass is 15.2. The Morgan fingerprint density at radius 1 is 0.808 bits per heavy atom. The van der Waals surface area contributed by atoms with Gasteiger partial charge in [0.05, 0.1) is 5.69 Å². The van der Waals surface area contributed by atoms with Crippen LogP contribution in [0.25, 0.3) is 16.9 Å². The molecule has 0 aliphatic heterocycles. The maximum Gasteiger partial charge on any atom is 0.187 e. The maximum absolute atomic E-state index is 4.78. The van der Waals surface area contributed by atoms with Crippen LogP contribution in [-0.2, 0) is 0 Å². The van der Waals surface area contributed by atoms with E-state index in [1.54, 1.807) is 0 Å². The molecular formula is C22H20N4. The molecule has 0 radical (unpaired) electrons. The van der Waals surface area contributed by atoms with Crippen molar-refractivity contribution in [1.29, 1.82) is 0 Å². The largest absolute Gasteiger partial charge is 0.282 e. The van der Waals surface area contributed by atoms with Gasteiger partial charge in [-0.15, -0.1) is 10.2 Å². The Labute approximate surface area is 152 Å². The second-order valence-electron chi connectivity index (χ2n) is 6.57. The fourth-order valence-electron chi connectivity index (χ4n) is 3.04. The van der Waals surface area contributed by atoms with Crippen molar-refractivity contribution in [2.45, 2.75) is 20.8 Å². The van der Waals surface area contributed by atoms with Gasteiger partial charge in [0, 0.05) is 11.8 Å². The molecule has 128 valence electrons. The standard InChI is InChI=1S/C22H20N4/c1-15-9-11-19(17(3)13-15)24-25-22-21(18-7-5-4-6-8-18)23-20-12-10-16(2)14-26(20)22/h4-14H,1-3H3. The van der Waals surface area contributed by atoms with Crippen LogP contribution in [0.15, 0.2) is 77.1 Å². The molecular weight excluding hydrogens is 320 g/mol. The molecule has 2 aromatic heterocycles. The van der Waals surface area contributed by atoms with Gasteiger partial charge in [-0.1, -0.05) is 54.1 Å². The first-order chi connectivity index (χ1) is 12.6. The molecule has 0 bridgehead atoms. The summed E-state index contributed by atoms with van der Waals surface area (Å²) in [6, 6.07) is 20.4. The minimum Gasteiger partial charge on any atom is -0.282 e. The van der Waals surface area contributed by atoms with E-state index in [2.05, 4.69) is 49.2 Å². The van der Waals surface area contributed by atoms with Crippen LogP contribution in [-0.4, -0.2) is 9.38 Å². The first-order valence-corrected chi connectivity index (χ1v) is 8.65. The van der Waals surface area contributed by atoms with Crippen molar-refractivity contribution in [1.82, 2.24) is 9.38 Å². The van der Waals surface area contributed by atoms with Gasteiger partial charge in [0.1, 0.15) is 11.3 Å². The fourth-order valence-corrected chi connectivity index (χ4v) is 3.04. The topological polar surface area (TPSA) is 42.0 Å². The molecule has 0 saturated heterocycles. The van der Waals surface area contributed by atoms with Crippen LogP contribution in [0.3, 0.4) is 0 Å². The number of hydrogen-bond acceptors (Lipinski definition) is 3. The molecule has 4 heteroatoms. The highest BCUT2D eigenvalue weighted by molar-refractivity contribution is 5.74. The number of fused-ring (bicyclic) bond motifs is 1. The lowest BCUT2D eigenvalue weighted by molar-refractivity contribution is 1.09. The lowest BCUT2D eigenvalue weighted by Gasteiger charge is -2.02. The molecule has 0 N–H and O–H groups in total. The summed E-state index contributed by atoms with van der Waals surface area (Å²) >= 11 is 0. The number of imidazole rings is 1. The summed E-state index contributed by atoms with van der Waals surface area (Å²) in [5, 5.41) is 9.12. The predicted molar refractivity (Wildman–Crippen MR) is 105 cm³/mol. The Morgan fingerprint density at radius 3 is 2.35 bits per heavy atom. The van der Waals surface area contributed by atoms with Crippen molar-refractivity contribution in [3.8, 4) is 11.3 Å². The first kappa shape index (κ1) is 16.2. The zero-order chi connectivity index (χ0) is 18.1. The lowest BCUT2D eigenvalue weighted by atomic mass is 10.1. The summed E-state index contributed by atoms with van der Waals surface area (Å²) in [5.41, 5.74) is 7.09. The first-order valence-electron chi connectivity index (χ1n) is 8.65. The number of nitrogens with zero attached hydrogens (tertiary/aromatic N) is 4. The average Bonchev–Trinajstić information content (AvgIpc) is 2.99. The number of pyridine rings is 1. The SMILES string of the molecule is Cc1ccc(N=Nc2c(-c3ccccc3)nc3ccc(C)cn23)c(C)c1. The van der Waals surface area contributed by atoms with Crippen LogP contribution in [0.1, 0.15) is 16.7 Å². The molecule has 4 aromatic rings. The van der Waals surface area contributed by atoms with Gasteiger partial charge < -0.3 is 0 Å². The Hall–Kier alpha value is -3.27. The normalized spacial score (nSPS) is 11.5. The molecule has 0 amide bonds. The van der Waals surface area contributed by atoms with Crippen LogP contribution < -0.4 is 0 Å². The van der Waals surface area contributed by atoms with Crippen LogP contribution in [0.4, 0.5) is 11.5 Å². The minimum atomic E-state index is 0.745. The highest BCUT2D eigenvalue weighted by Gasteiger charge is 2.14. The van der Waals surface area contributed by atoms with Gasteiger partial charge in [-0.2, -0.15) is 0 Å². The zero-order valence-corrected chi connectivity index (χ0v) is 15.1. The number of aryl methyl sites for hydroxylation is 3. The predicted octanol–water partition coefficient (Wildman–Crippen LogP) is 6.34. The molecule has 2 heterocycles. The summed E-state index contributed by atoms with van der Waals surface area (Å²) in [5.74, 6) is 0.745. The Bertz CT molecular complexity index is 1110. The zero-order valence-electron chi connectivity index (χ0n) is 15.1. The van der Waals surface area contributed by atoms with E-state index >= 15 is 0 Å². The third-order valence-corrected chi connectivity index (χ3v) is 4.39. The van der Waals surface area contributed by atoms with Gasteiger partial charge in [-0.3, -0.25) is 4.40 Å². The van der Waals surface area contributed by atoms with Gasteiger partial charge in [0.15, 0.2) is 5.82 Å². The van der Waals surface area contributed by atoms with Crippen LogP contribution in [0.2, 0.25) is 0 Å². The Morgan fingerprint density at radius 2 is 1.58 bits per heavy atom. The van der Waals surface area contributed by atoms with Crippen molar-refractivity contribution >= 4 is 17.2 Å². The molecule has 4 rings (SSSR count). The van der Waals surface area contributed by atoms with Gasteiger partial charge in [-0.05, 0) is 44.0 Å². The summed E-state index contributed by atoms with van der Waals surface area (Å²) in [6.45, 7) is 6.19. The molecule has 0 fully saturated rings. The second kappa shape index (κ2) is 6.56. The van der Waals surface area contributed by atoms with E-state index in [0.29, 0.717) is 0 Å².